The predicted molar refractivity (Wildman–Crippen MR) is 64.1 cm³/mol. The smallest absolute Gasteiger partial charge is 0.408 e. The van der Waals surface area contributed by atoms with Crippen LogP contribution in [-0.4, -0.2) is 33.7 Å². The Bertz CT molecular complexity index is 562. The van der Waals surface area contributed by atoms with Crippen molar-refractivity contribution < 1.29 is 14.3 Å². The number of hydrogen-bond donors (Lipinski definition) is 2. The van der Waals surface area contributed by atoms with E-state index in [0.29, 0.717) is 24.4 Å². The highest BCUT2D eigenvalue weighted by Gasteiger charge is 2.37. The Labute approximate surface area is 103 Å². The Morgan fingerprint density at radius 2 is 2.28 bits per heavy atom. The van der Waals surface area contributed by atoms with Crippen molar-refractivity contribution in [2.24, 2.45) is 5.73 Å². The highest BCUT2D eigenvalue weighted by Crippen LogP contribution is 2.32. The second-order valence-electron chi connectivity index (χ2n) is 4.47. The molecule has 1 saturated heterocycles. The minimum atomic E-state index is -0.991. The number of nitrogens with two attached hydrogens (primary N) is 1. The van der Waals surface area contributed by atoms with Gasteiger partial charge in [0.1, 0.15) is 11.6 Å². The number of amides is 1. The van der Waals surface area contributed by atoms with Gasteiger partial charge in [0.15, 0.2) is 5.58 Å². The summed E-state index contributed by atoms with van der Waals surface area (Å²) in [7, 11) is 0. The number of hydrogen-bond acceptors (Lipinski definition) is 4. The van der Waals surface area contributed by atoms with Gasteiger partial charge >= 0.3 is 6.09 Å². The van der Waals surface area contributed by atoms with E-state index in [9.17, 15) is 4.79 Å². The summed E-state index contributed by atoms with van der Waals surface area (Å²) >= 11 is 0. The molecule has 1 aromatic carbocycles. The summed E-state index contributed by atoms with van der Waals surface area (Å²) in [6.45, 7) is 0.318. The van der Waals surface area contributed by atoms with Crippen LogP contribution in [0.4, 0.5) is 4.79 Å². The first-order chi connectivity index (χ1) is 8.65. The number of fused-ring (bicyclic) bond motifs is 1. The van der Waals surface area contributed by atoms with Crippen molar-refractivity contribution in [1.82, 2.24) is 9.88 Å². The lowest BCUT2D eigenvalue weighted by Gasteiger charge is -2.17. The van der Waals surface area contributed by atoms with Gasteiger partial charge in [0.2, 0.25) is 5.89 Å². The van der Waals surface area contributed by atoms with Crippen molar-refractivity contribution in [2.75, 3.05) is 6.54 Å². The van der Waals surface area contributed by atoms with E-state index < -0.39 is 6.09 Å². The van der Waals surface area contributed by atoms with Crippen LogP contribution < -0.4 is 5.73 Å². The molecule has 0 bridgehead atoms. The number of carboxylic acid groups (broad SMARTS) is 1. The third kappa shape index (κ3) is 1.70. The van der Waals surface area contributed by atoms with Gasteiger partial charge in [0, 0.05) is 12.6 Å². The molecule has 1 fully saturated rings. The van der Waals surface area contributed by atoms with Gasteiger partial charge < -0.3 is 15.3 Å². The van der Waals surface area contributed by atoms with Crippen LogP contribution in [0.1, 0.15) is 18.4 Å². The van der Waals surface area contributed by atoms with E-state index in [1.807, 2.05) is 24.3 Å². The first-order valence-corrected chi connectivity index (χ1v) is 5.76. The third-order valence-electron chi connectivity index (χ3n) is 3.17. The quantitative estimate of drug-likeness (QED) is 0.798. The number of carbonyl (C=O) groups is 1. The van der Waals surface area contributed by atoms with Gasteiger partial charge in [-0.05, 0) is 18.6 Å². The molecular weight excluding hydrogens is 234 g/mol. The van der Waals surface area contributed by atoms with E-state index in [4.69, 9.17) is 15.3 Å². The van der Waals surface area contributed by atoms with Crippen LogP contribution >= 0.6 is 0 Å². The minimum absolute atomic E-state index is 0.166. The molecule has 1 aliphatic rings. The molecule has 18 heavy (non-hydrogen) atoms. The van der Waals surface area contributed by atoms with Gasteiger partial charge in [-0.25, -0.2) is 9.78 Å². The summed E-state index contributed by atoms with van der Waals surface area (Å²) in [6, 6.07) is 6.82. The zero-order chi connectivity index (χ0) is 12.7. The molecule has 3 N–H and O–H groups in total. The standard InChI is InChI=1S/C12H13N3O3/c13-7-5-9(15(6-7)12(16)17)11-14-8-3-1-2-4-10(8)18-11/h1-4,7,9H,5-6,13H2,(H,16,17)/t7-,9-/m0/s1. The summed E-state index contributed by atoms with van der Waals surface area (Å²) in [5, 5.41) is 9.14. The number of nitrogens with zero attached hydrogens (tertiary/aromatic N) is 2. The molecule has 2 aromatic rings. The summed E-state index contributed by atoms with van der Waals surface area (Å²) in [6.07, 6.45) is -0.450. The van der Waals surface area contributed by atoms with Crippen molar-refractivity contribution in [3.63, 3.8) is 0 Å². The van der Waals surface area contributed by atoms with Crippen LogP contribution in [-0.2, 0) is 0 Å². The van der Waals surface area contributed by atoms with E-state index in [0.717, 1.165) is 5.52 Å². The number of benzene rings is 1. The van der Waals surface area contributed by atoms with E-state index in [-0.39, 0.29) is 12.1 Å². The number of likely N-dealkylation sites (tertiary alicyclic amines) is 1. The zero-order valence-corrected chi connectivity index (χ0v) is 9.61. The molecule has 1 aromatic heterocycles. The Hall–Kier alpha value is -2.08. The lowest BCUT2D eigenvalue weighted by atomic mass is 10.2. The van der Waals surface area contributed by atoms with Crippen LogP contribution in [0.2, 0.25) is 0 Å². The largest absolute Gasteiger partial charge is 0.465 e. The maximum absolute atomic E-state index is 11.1. The van der Waals surface area contributed by atoms with Crippen molar-refractivity contribution in [3.05, 3.63) is 30.2 Å². The lowest BCUT2D eigenvalue weighted by Crippen LogP contribution is -2.32. The Morgan fingerprint density at radius 1 is 1.50 bits per heavy atom. The first kappa shape index (κ1) is 11.0. The summed E-state index contributed by atoms with van der Waals surface area (Å²) in [5.41, 5.74) is 7.21. The van der Waals surface area contributed by atoms with Crippen molar-refractivity contribution in [2.45, 2.75) is 18.5 Å². The molecular formula is C12H13N3O3. The molecule has 0 radical (unpaired) electrons. The molecule has 94 valence electrons. The second kappa shape index (κ2) is 3.99. The number of rotatable bonds is 1. The van der Waals surface area contributed by atoms with Crippen molar-refractivity contribution in [1.29, 1.82) is 0 Å². The monoisotopic (exact) mass is 247 g/mol. The molecule has 0 saturated carbocycles. The highest BCUT2D eigenvalue weighted by atomic mass is 16.4. The average Bonchev–Trinajstić information content (AvgIpc) is 2.91. The predicted octanol–water partition coefficient (Wildman–Crippen LogP) is 1.58. The van der Waals surface area contributed by atoms with Gasteiger partial charge in [0.05, 0.1) is 0 Å². The fraction of sp³-hybridized carbons (Fsp3) is 0.333. The molecule has 1 amide bonds. The SMILES string of the molecule is N[C@H]1C[C@@H](c2nc3ccccc3o2)N(C(=O)O)C1. The first-order valence-electron chi connectivity index (χ1n) is 5.76. The van der Waals surface area contributed by atoms with Crippen LogP contribution in [0.5, 0.6) is 0 Å². The van der Waals surface area contributed by atoms with Gasteiger partial charge in [-0.3, -0.25) is 4.90 Å². The number of para-hydroxylation sites is 2. The summed E-state index contributed by atoms with van der Waals surface area (Å²) in [5.74, 6) is 0.423. The number of oxazole rings is 1. The normalized spacial score (nSPS) is 23.7. The Balaban J connectivity index is 2.00. The second-order valence-corrected chi connectivity index (χ2v) is 4.47. The molecule has 0 spiro atoms. The minimum Gasteiger partial charge on any atom is -0.465 e. The van der Waals surface area contributed by atoms with E-state index >= 15 is 0 Å². The van der Waals surface area contributed by atoms with Gasteiger partial charge in [-0.2, -0.15) is 0 Å². The molecule has 0 aliphatic carbocycles. The molecule has 6 heteroatoms. The third-order valence-corrected chi connectivity index (χ3v) is 3.17. The fourth-order valence-electron chi connectivity index (χ4n) is 2.35. The topological polar surface area (TPSA) is 92.6 Å². The Kier molecular flexibility index (Phi) is 2.45. The molecule has 2 atom stereocenters. The zero-order valence-electron chi connectivity index (χ0n) is 9.61. The van der Waals surface area contributed by atoms with Gasteiger partial charge in [-0.15, -0.1) is 0 Å². The molecule has 2 heterocycles. The molecule has 3 rings (SSSR count). The van der Waals surface area contributed by atoms with Gasteiger partial charge in [0.25, 0.3) is 0 Å². The van der Waals surface area contributed by atoms with Crippen molar-refractivity contribution >= 4 is 17.2 Å². The number of aromatic nitrogens is 1. The van der Waals surface area contributed by atoms with Gasteiger partial charge in [-0.1, -0.05) is 12.1 Å². The van der Waals surface area contributed by atoms with Crippen LogP contribution in [0.3, 0.4) is 0 Å². The molecule has 1 aliphatic heterocycles. The highest BCUT2D eigenvalue weighted by molar-refractivity contribution is 5.72. The van der Waals surface area contributed by atoms with E-state index in [1.165, 1.54) is 4.90 Å². The summed E-state index contributed by atoms with van der Waals surface area (Å²) in [4.78, 5) is 16.8. The maximum Gasteiger partial charge on any atom is 0.408 e. The van der Waals surface area contributed by atoms with Crippen LogP contribution in [0, 0.1) is 0 Å². The van der Waals surface area contributed by atoms with Crippen LogP contribution in [0.15, 0.2) is 28.7 Å². The van der Waals surface area contributed by atoms with Crippen molar-refractivity contribution in [3.8, 4) is 0 Å². The lowest BCUT2D eigenvalue weighted by molar-refractivity contribution is 0.134. The molecule has 0 unspecified atom stereocenters. The maximum atomic E-state index is 11.1. The fourth-order valence-corrected chi connectivity index (χ4v) is 2.35. The van der Waals surface area contributed by atoms with Crippen LogP contribution in [0.25, 0.3) is 11.1 Å². The summed E-state index contributed by atoms with van der Waals surface area (Å²) < 4.78 is 5.61. The average molecular weight is 247 g/mol. The molecule has 6 nitrogen and oxygen atoms in total. The van der Waals surface area contributed by atoms with E-state index in [2.05, 4.69) is 4.98 Å². The van der Waals surface area contributed by atoms with E-state index in [1.54, 1.807) is 0 Å². The Morgan fingerprint density at radius 3 is 3.00 bits per heavy atom.